The Balaban J connectivity index is 3.31. The molecule has 0 bridgehead atoms. The molecule has 1 nitrogen and oxygen atoms in total. The van der Waals surface area contributed by atoms with Crippen LogP contribution in [0.5, 0.6) is 0 Å². The fourth-order valence-electron chi connectivity index (χ4n) is 1.03. The van der Waals surface area contributed by atoms with E-state index < -0.39 is 17.3 Å². The molecule has 0 fully saturated rings. The number of carbonyl (C=O) groups is 1. The topological polar surface area (TPSA) is 17.1 Å². The molecule has 0 aromatic heterocycles. The molecule has 1 aromatic carbocycles. The van der Waals surface area contributed by atoms with Crippen LogP contribution in [0.15, 0.2) is 36.7 Å². The Labute approximate surface area is 78.9 Å². The van der Waals surface area contributed by atoms with E-state index in [9.17, 15) is 18.0 Å². The Bertz CT molecular complexity index is 371. The molecule has 1 aromatic rings. The highest BCUT2D eigenvalue weighted by Gasteiger charge is 2.37. The predicted molar refractivity (Wildman–Crippen MR) is 46.0 cm³/mol. The van der Waals surface area contributed by atoms with E-state index in [-0.39, 0.29) is 11.8 Å². The van der Waals surface area contributed by atoms with Gasteiger partial charge in [-0.1, -0.05) is 30.8 Å². The quantitative estimate of drug-likeness (QED) is 0.685. The Morgan fingerprint density at radius 1 is 1.36 bits per heavy atom. The molecule has 0 saturated carbocycles. The van der Waals surface area contributed by atoms with Crippen LogP contribution < -0.4 is 0 Å². The van der Waals surface area contributed by atoms with Crippen molar-refractivity contribution < 1.29 is 18.0 Å². The number of benzene rings is 1. The van der Waals surface area contributed by atoms with E-state index in [0.29, 0.717) is 0 Å². The summed E-state index contributed by atoms with van der Waals surface area (Å²) in [6, 6.07) is 4.91. The summed E-state index contributed by atoms with van der Waals surface area (Å²) in [5, 5.41) is 0. The van der Waals surface area contributed by atoms with Gasteiger partial charge in [-0.3, -0.25) is 4.79 Å². The van der Waals surface area contributed by atoms with Gasteiger partial charge < -0.3 is 0 Å². The molecule has 0 amide bonds. The van der Waals surface area contributed by atoms with Crippen molar-refractivity contribution in [2.24, 2.45) is 0 Å². The molecule has 74 valence electrons. The third-order valence-corrected chi connectivity index (χ3v) is 1.77. The smallest absolute Gasteiger partial charge is 0.298 e. The first-order valence-corrected chi connectivity index (χ1v) is 3.77. The van der Waals surface area contributed by atoms with Gasteiger partial charge in [-0.25, -0.2) is 4.39 Å². The van der Waals surface area contributed by atoms with Crippen molar-refractivity contribution in [3.63, 3.8) is 0 Å². The molecule has 0 N–H and O–H groups in total. The van der Waals surface area contributed by atoms with Crippen molar-refractivity contribution in [2.75, 3.05) is 0 Å². The second-order valence-electron chi connectivity index (χ2n) is 2.68. The highest BCUT2D eigenvalue weighted by atomic mass is 19.3. The van der Waals surface area contributed by atoms with E-state index in [4.69, 9.17) is 0 Å². The lowest BCUT2D eigenvalue weighted by Gasteiger charge is -2.15. The second kappa shape index (κ2) is 3.65. The van der Waals surface area contributed by atoms with Gasteiger partial charge in [0.05, 0.1) is 0 Å². The molecule has 0 spiro atoms. The van der Waals surface area contributed by atoms with Crippen LogP contribution in [0.3, 0.4) is 0 Å². The Hall–Kier alpha value is -1.58. The van der Waals surface area contributed by atoms with E-state index in [0.717, 1.165) is 6.07 Å². The van der Waals surface area contributed by atoms with Crippen LogP contribution in [0.1, 0.15) is 15.9 Å². The van der Waals surface area contributed by atoms with E-state index in [1.165, 1.54) is 18.2 Å². The minimum absolute atomic E-state index is 0.240. The fourth-order valence-corrected chi connectivity index (χ4v) is 1.03. The first-order chi connectivity index (χ1) is 6.50. The molecule has 1 rings (SSSR count). The van der Waals surface area contributed by atoms with Crippen LogP contribution in [0, 0.1) is 0 Å². The van der Waals surface area contributed by atoms with Gasteiger partial charge in [0, 0.05) is 11.1 Å². The maximum absolute atomic E-state index is 13.1. The summed E-state index contributed by atoms with van der Waals surface area (Å²) in [4.78, 5) is 10.4. The number of hydrogen-bond acceptors (Lipinski definition) is 1. The minimum Gasteiger partial charge on any atom is -0.298 e. The highest BCUT2D eigenvalue weighted by molar-refractivity contribution is 5.77. The number of halogens is 3. The standard InChI is InChI=1S/C10H7F3O/c1-7(11)10(12,13)9-5-3-2-4-8(9)6-14/h2-6H,1H2. The van der Waals surface area contributed by atoms with Gasteiger partial charge in [-0.05, 0) is 0 Å². The summed E-state index contributed by atoms with van der Waals surface area (Å²) in [6.45, 7) is 2.55. The second-order valence-corrected chi connectivity index (χ2v) is 2.68. The van der Waals surface area contributed by atoms with Gasteiger partial charge in [0.15, 0.2) is 12.1 Å². The van der Waals surface area contributed by atoms with E-state index in [1.807, 2.05) is 0 Å². The zero-order valence-corrected chi connectivity index (χ0v) is 7.14. The lowest BCUT2D eigenvalue weighted by atomic mass is 10.0. The average molecular weight is 200 g/mol. The summed E-state index contributed by atoms with van der Waals surface area (Å²) in [6.07, 6.45) is 0.256. The summed E-state index contributed by atoms with van der Waals surface area (Å²) in [5.74, 6) is -5.58. The van der Waals surface area contributed by atoms with Gasteiger partial charge in [-0.15, -0.1) is 0 Å². The van der Waals surface area contributed by atoms with Crippen molar-refractivity contribution >= 4 is 6.29 Å². The molecule has 0 aliphatic heterocycles. The molecule has 0 unspecified atom stereocenters. The molecular weight excluding hydrogens is 193 g/mol. The molecule has 0 aliphatic carbocycles. The zero-order valence-electron chi connectivity index (χ0n) is 7.14. The van der Waals surface area contributed by atoms with Gasteiger partial charge in [-0.2, -0.15) is 8.78 Å². The molecular formula is C10H7F3O. The Morgan fingerprint density at radius 3 is 2.43 bits per heavy atom. The number of rotatable bonds is 3. The van der Waals surface area contributed by atoms with Crippen LogP contribution >= 0.6 is 0 Å². The van der Waals surface area contributed by atoms with Crippen molar-refractivity contribution in [3.8, 4) is 0 Å². The van der Waals surface area contributed by atoms with Gasteiger partial charge in [0.25, 0.3) is 0 Å². The average Bonchev–Trinajstić information content (AvgIpc) is 2.17. The largest absolute Gasteiger partial charge is 0.324 e. The maximum Gasteiger partial charge on any atom is 0.324 e. The minimum atomic E-state index is -3.81. The van der Waals surface area contributed by atoms with Crippen LogP contribution in [0.2, 0.25) is 0 Å². The third-order valence-electron chi connectivity index (χ3n) is 1.77. The normalized spacial score (nSPS) is 11.1. The van der Waals surface area contributed by atoms with Crippen LogP contribution in [0.25, 0.3) is 0 Å². The maximum atomic E-state index is 13.1. The number of carbonyl (C=O) groups excluding carboxylic acids is 1. The highest BCUT2D eigenvalue weighted by Crippen LogP contribution is 2.36. The first-order valence-electron chi connectivity index (χ1n) is 3.77. The lowest BCUT2D eigenvalue weighted by Crippen LogP contribution is -2.15. The molecule has 14 heavy (non-hydrogen) atoms. The summed E-state index contributed by atoms with van der Waals surface area (Å²) >= 11 is 0. The molecule has 0 radical (unpaired) electrons. The van der Waals surface area contributed by atoms with Crippen molar-refractivity contribution in [3.05, 3.63) is 47.8 Å². The fraction of sp³-hybridized carbons (Fsp3) is 0.100. The van der Waals surface area contributed by atoms with Gasteiger partial charge in [0.1, 0.15) is 0 Å². The number of aldehydes is 1. The lowest BCUT2D eigenvalue weighted by molar-refractivity contribution is 0.0139. The summed E-state index contributed by atoms with van der Waals surface area (Å²) in [7, 11) is 0. The van der Waals surface area contributed by atoms with E-state index >= 15 is 0 Å². The molecule has 4 heteroatoms. The molecule has 0 heterocycles. The molecule has 0 saturated heterocycles. The van der Waals surface area contributed by atoms with Crippen molar-refractivity contribution in [1.82, 2.24) is 0 Å². The number of allylic oxidation sites excluding steroid dienone is 1. The Kier molecular flexibility index (Phi) is 2.74. The predicted octanol–water partition coefficient (Wildman–Crippen LogP) is 3.07. The molecule has 0 aliphatic rings. The van der Waals surface area contributed by atoms with Crippen LogP contribution in [-0.4, -0.2) is 6.29 Å². The molecule has 0 atom stereocenters. The van der Waals surface area contributed by atoms with Crippen LogP contribution in [-0.2, 0) is 5.92 Å². The van der Waals surface area contributed by atoms with Crippen molar-refractivity contribution in [2.45, 2.75) is 5.92 Å². The van der Waals surface area contributed by atoms with E-state index in [1.54, 1.807) is 0 Å². The van der Waals surface area contributed by atoms with Crippen molar-refractivity contribution in [1.29, 1.82) is 0 Å². The third kappa shape index (κ3) is 1.69. The number of hydrogen-bond donors (Lipinski definition) is 0. The monoisotopic (exact) mass is 200 g/mol. The van der Waals surface area contributed by atoms with Gasteiger partial charge in [0.2, 0.25) is 0 Å². The number of alkyl halides is 2. The SMILES string of the molecule is C=C(F)C(F)(F)c1ccccc1C=O. The van der Waals surface area contributed by atoms with Gasteiger partial charge >= 0.3 is 5.92 Å². The first kappa shape index (κ1) is 10.5. The summed E-state index contributed by atoms with van der Waals surface area (Å²) in [5.41, 5.74) is -0.904. The summed E-state index contributed by atoms with van der Waals surface area (Å²) < 4.78 is 38.6. The zero-order chi connectivity index (χ0) is 10.8. The van der Waals surface area contributed by atoms with Crippen LogP contribution in [0.4, 0.5) is 13.2 Å². The van der Waals surface area contributed by atoms with E-state index in [2.05, 4.69) is 6.58 Å². The Morgan fingerprint density at radius 2 is 1.93 bits per heavy atom.